The summed E-state index contributed by atoms with van der Waals surface area (Å²) >= 11 is 0. The zero-order chi connectivity index (χ0) is 16.9. The standard InChI is InChI=1S/C20H31NO3/c21-17(20-18(22)10-11-19(20)23)12-14-6-8-16(9-7-14)24-13-15-4-2-1-3-5-15/h6-9,15,17-20,22-23H,1-5,10-13,21H2/t17-,18-,19-/m0/s1. The van der Waals surface area contributed by atoms with E-state index in [-0.39, 0.29) is 12.0 Å². The monoisotopic (exact) mass is 333 g/mol. The Morgan fingerprint density at radius 3 is 2.21 bits per heavy atom. The van der Waals surface area contributed by atoms with Crippen LogP contribution in [-0.4, -0.2) is 35.1 Å². The Morgan fingerprint density at radius 1 is 0.958 bits per heavy atom. The highest BCUT2D eigenvalue weighted by Crippen LogP contribution is 2.30. The van der Waals surface area contributed by atoms with Gasteiger partial charge in [-0.15, -0.1) is 0 Å². The molecule has 3 rings (SSSR count). The van der Waals surface area contributed by atoms with Gasteiger partial charge in [0.2, 0.25) is 0 Å². The van der Waals surface area contributed by atoms with Crippen LogP contribution < -0.4 is 10.5 Å². The number of aliphatic hydroxyl groups is 2. The van der Waals surface area contributed by atoms with Crippen LogP contribution in [0, 0.1) is 11.8 Å². The van der Waals surface area contributed by atoms with Gasteiger partial charge in [-0.2, -0.15) is 0 Å². The van der Waals surface area contributed by atoms with E-state index in [2.05, 4.69) is 0 Å². The van der Waals surface area contributed by atoms with E-state index in [0.717, 1.165) is 17.9 Å². The van der Waals surface area contributed by atoms with Gasteiger partial charge in [-0.1, -0.05) is 31.4 Å². The smallest absolute Gasteiger partial charge is 0.119 e. The second-order valence-corrected chi connectivity index (χ2v) is 7.62. The predicted octanol–water partition coefficient (Wildman–Crippen LogP) is 2.65. The molecule has 0 bridgehead atoms. The van der Waals surface area contributed by atoms with E-state index in [1.165, 1.54) is 32.1 Å². The average Bonchev–Trinajstić information content (AvgIpc) is 2.94. The molecule has 24 heavy (non-hydrogen) atoms. The highest BCUT2D eigenvalue weighted by molar-refractivity contribution is 5.28. The summed E-state index contributed by atoms with van der Waals surface area (Å²) in [6.45, 7) is 0.819. The number of ether oxygens (including phenoxy) is 1. The van der Waals surface area contributed by atoms with Gasteiger partial charge < -0.3 is 20.7 Å². The quantitative estimate of drug-likeness (QED) is 0.748. The first kappa shape index (κ1) is 17.7. The van der Waals surface area contributed by atoms with Gasteiger partial charge in [0.05, 0.1) is 18.8 Å². The van der Waals surface area contributed by atoms with Crippen molar-refractivity contribution in [2.24, 2.45) is 17.6 Å². The lowest BCUT2D eigenvalue weighted by atomic mass is 9.90. The molecular formula is C20H31NO3. The van der Waals surface area contributed by atoms with Crippen LogP contribution in [-0.2, 0) is 6.42 Å². The van der Waals surface area contributed by atoms with Crippen LogP contribution in [0.4, 0.5) is 0 Å². The molecule has 0 aromatic heterocycles. The normalized spacial score (nSPS) is 27.3. The molecule has 0 spiro atoms. The molecule has 0 saturated heterocycles. The van der Waals surface area contributed by atoms with Crippen LogP contribution in [0.1, 0.15) is 50.5 Å². The van der Waals surface area contributed by atoms with Crippen LogP contribution in [0.25, 0.3) is 0 Å². The fourth-order valence-electron chi connectivity index (χ4n) is 4.25. The second kappa shape index (κ2) is 8.32. The van der Waals surface area contributed by atoms with Gasteiger partial charge in [0.25, 0.3) is 0 Å². The Bertz CT molecular complexity index is 488. The molecule has 2 aliphatic carbocycles. The Balaban J connectivity index is 1.48. The minimum Gasteiger partial charge on any atom is -0.493 e. The Kier molecular flexibility index (Phi) is 6.14. The van der Waals surface area contributed by atoms with E-state index in [1.54, 1.807) is 0 Å². The number of rotatable bonds is 6. The van der Waals surface area contributed by atoms with Crippen molar-refractivity contribution in [3.8, 4) is 5.75 Å². The molecule has 0 heterocycles. The second-order valence-electron chi connectivity index (χ2n) is 7.62. The number of hydrogen-bond acceptors (Lipinski definition) is 4. The first-order valence-electron chi connectivity index (χ1n) is 9.47. The maximum absolute atomic E-state index is 9.99. The SMILES string of the molecule is N[C@@H](Cc1ccc(OCC2CCCCC2)cc1)C1[C@@H](O)CC[C@@H]1O. The molecule has 4 N–H and O–H groups in total. The molecule has 2 aliphatic rings. The van der Waals surface area contributed by atoms with Crippen LogP contribution in [0.5, 0.6) is 5.75 Å². The molecule has 0 amide bonds. The van der Waals surface area contributed by atoms with E-state index >= 15 is 0 Å². The summed E-state index contributed by atoms with van der Waals surface area (Å²) in [5.74, 6) is 1.41. The molecule has 1 aromatic carbocycles. The van der Waals surface area contributed by atoms with Crippen LogP contribution >= 0.6 is 0 Å². The molecule has 0 aliphatic heterocycles. The van der Waals surface area contributed by atoms with E-state index in [1.807, 2.05) is 24.3 Å². The largest absolute Gasteiger partial charge is 0.493 e. The van der Waals surface area contributed by atoms with Gasteiger partial charge in [-0.25, -0.2) is 0 Å². The first-order valence-corrected chi connectivity index (χ1v) is 9.47. The third kappa shape index (κ3) is 4.50. The molecule has 4 heteroatoms. The first-order chi connectivity index (χ1) is 11.6. The van der Waals surface area contributed by atoms with E-state index in [0.29, 0.717) is 25.2 Å². The van der Waals surface area contributed by atoms with Crippen molar-refractivity contribution in [2.45, 2.75) is 69.6 Å². The maximum atomic E-state index is 9.99. The summed E-state index contributed by atoms with van der Waals surface area (Å²) < 4.78 is 5.93. The van der Waals surface area contributed by atoms with Gasteiger partial charge in [-0.3, -0.25) is 0 Å². The number of nitrogens with two attached hydrogens (primary N) is 1. The van der Waals surface area contributed by atoms with Crippen molar-refractivity contribution in [3.05, 3.63) is 29.8 Å². The Hall–Kier alpha value is -1.10. The summed E-state index contributed by atoms with van der Waals surface area (Å²) in [4.78, 5) is 0. The van der Waals surface area contributed by atoms with E-state index in [4.69, 9.17) is 10.5 Å². The van der Waals surface area contributed by atoms with E-state index in [9.17, 15) is 10.2 Å². The van der Waals surface area contributed by atoms with Crippen LogP contribution in [0.2, 0.25) is 0 Å². The average molecular weight is 333 g/mol. The van der Waals surface area contributed by atoms with Crippen molar-refractivity contribution >= 4 is 0 Å². The third-order valence-corrected chi connectivity index (χ3v) is 5.75. The predicted molar refractivity (Wildman–Crippen MR) is 94.9 cm³/mol. The number of aliphatic hydroxyl groups excluding tert-OH is 2. The lowest BCUT2D eigenvalue weighted by Gasteiger charge is -2.25. The third-order valence-electron chi connectivity index (χ3n) is 5.75. The summed E-state index contributed by atoms with van der Waals surface area (Å²) in [7, 11) is 0. The van der Waals surface area contributed by atoms with Crippen LogP contribution in [0.3, 0.4) is 0 Å². The van der Waals surface area contributed by atoms with Crippen molar-refractivity contribution in [3.63, 3.8) is 0 Å². The molecule has 4 nitrogen and oxygen atoms in total. The van der Waals surface area contributed by atoms with E-state index < -0.39 is 12.2 Å². The maximum Gasteiger partial charge on any atom is 0.119 e. The van der Waals surface area contributed by atoms with Gasteiger partial charge >= 0.3 is 0 Å². The molecule has 1 aromatic rings. The van der Waals surface area contributed by atoms with Gasteiger partial charge in [0, 0.05) is 12.0 Å². The molecule has 2 fully saturated rings. The van der Waals surface area contributed by atoms with Crippen molar-refractivity contribution < 1.29 is 14.9 Å². The summed E-state index contributed by atoms with van der Waals surface area (Å²) in [6.07, 6.45) is 7.63. The number of benzene rings is 1. The van der Waals surface area contributed by atoms with Gasteiger partial charge in [0.15, 0.2) is 0 Å². The molecular weight excluding hydrogens is 302 g/mol. The molecule has 3 atom stereocenters. The summed E-state index contributed by atoms with van der Waals surface area (Å²) in [5, 5.41) is 20.0. The highest BCUT2D eigenvalue weighted by atomic mass is 16.5. The van der Waals surface area contributed by atoms with Crippen molar-refractivity contribution in [1.29, 1.82) is 0 Å². The van der Waals surface area contributed by atoms with Gasteiger partial charge in [0.1, 0.15) is 5.75 Å². The van der Waals surface area contributed by atoms with Gasteiger partial charge in [-0.05, 0) is 55.7 Å². The topological polar surface area (TPSA) is 75.7 Å². The van der Waals surface area contributed by atoms with Crippen molar-refractivity contribution in [2.75, 3.05) is 6.61 Å². The zero-order valence-electron chi connectivity index (χ0n) is 14.4. The fourth-order valence-corrected chi connectivity index (χ4v) is 4.25. The zero-order valence-corrected chi connectivity index (χ0v) is 14.4. The minimum atomic E-state index is -0.479. The fraction of sp³-hybridized carbons (Fsp3) is 0.700. The molecule has 134 valence electrons. The molecule has 2 saturated carbocycles. The lowest BCUT2D eigenvalue weighted by molar-refractivity contribution is 0.0503. The lowest BCUT2D eigenvalue weighted by Crippen LogP contribution is -2.41. The van der Waals surface area contributed by atoms with Crippen LogP contribution in [0.15, 0.2) is 24.3 Å². The minimum absolute atomic E-state index is 0.216. The molecule has 0 unspecified atom stereocenters. The Labute approximate surface area is 145 Å². The summed E-state index contributed by atoms with van der Waals surface area (Å²) in [6, 6.07) is 7.89. The Morgan fingerprint density at radius 2 is 1.58 bits per heavy atom. The number of hydrogen-bond donors (Lipinski definition) is 3. The van der Waals surface area contributed by atoms with Crippen molar-refractivity contribution in [1.82, 2.24) is 0 Å². The highest BCUT2D eigenvalue weighted by Gasteiger charge is 2.37. The summed E-state index contributed by atoms with van der Waals surface area (Å²) in [5.41, 5.74) is 7.36. The molecule has 0 radical (unpaired) electrons.